The monoisotopic (exact) mass is 290 g/mol. The lowest BCUT2D eigenvalue weighted by Crippen LogP contribution is -2.21. The van der Waals surface area contributed by atoms with Gasteiger partial charge in [0.15, 0.2) is 12.4 Å². The van der Waals surface area contributed by atoms with E-state index in [1.807, 2.05) is 6.07 Å². The number of esters is 1. The van der Waals surface area contributed by atoms with Gasteiger partial charge in [-0.2, -0.15) is 0 Å². The standard InChI is InChI=1S/C14H14N2O5/c1-19-8-10-3-2-4-11(7-10)14(18)20-9-13(17)15-12-5-6-21-16-12/h2-7H,8-9H2,1H3,(H,15,16,17). The number of aromatic nitrogens is 1. The van der Waals surface area contributed by atoms with Crippen molar-refractivity contribution in [1.82, 2.24) is 5.16 Å². The van der Waals surface area contributed by atoms with Crippen LogP contribution in [0.15, 0.2) is 41.1 Å². The highest BCUT2D eigenvalue weighted by molar-refractivity contribution is 5.95. The molecule has 0 radical (unpaired) electrons. The van der Waals surface area contributed by atoms with Gasteiger partial charge in [0, 0.05) is 13.2 Å². The molecule has 0 saturated carbocycles. The molecule has 0 aliphatic heterocycles. The number of nitrogens with one attached hydrogen (secondary N) is 1. The van der Waals surface area contributed by atoms with Crippen LogP contribution in [-0.2, 0) is 20.9 Å². The fraction of sp³-hybridized carbons (Fsp3) is 0.214. The fourth-order valence-electron chi connectivity index (χ4n) is 1.63. The SMILES string of the molecule is COCc1cccc(C(=O)OCC(=O)Nc2ccon2)c1. The van der Waals surface area contributed by atoms with Crippen LogP contribution >= 0.6 is 0 Å². The summed E-state index contributed by atoms with van der Waals surface area (Å²) in [7, 11) is 1.57. The Hall–Kier alpha value is -2.67. The first-order chi connectivity index (χ1) is 10.2. The van der Waals surface area contributed by atoms with Gasteiger partial charge >= 0.3 is 5.97 Å². The van der Waals surface area contributed by atoms with Crippen molar-refractivity contribution in [2.24, 2.45) is 0 Å². The summed E-state index contributed by atoms with van der Waals surface area (Å²) in [6.07, 6.45) is 1.32. The molecular formula is C14H14N2O5. The molecule has 0 aliphatic rings. The Labute approximate surface area is 120 Å². The zero-order chi connectivity index (χ0) is 15.1. The van der Waals surface area contributed by atoms with Gasteiger partial charge in [0.1, 0.15) is 6.26 Å². The summed E-state index contributed by atoms with van der Waals surface area (Å²) in [6, 6.07) is 8.30. The lowest BCUT2D eigenvalue weighted by molar-refractivity contribution is -0.119. The van der Waals surface area contributed by atoms with E-state index >= 15 is 0 Å². The highest BCUT2D eigenvalue weighted by Crippen LogP contribution is 2.08. The third-order valence-corrected chi connectivity index (χ3v) is 2.51. The largest absolute Gasteiger partial charge is 0.452 e. The molecule has 7 heteroatoms. The summed E-state index contributed by atoms with van der Waals surface area (Å²) in [5.74, 6) is -0.813. The Balaban J connectivity index is 1.86. The van der Waals surface area contributed by atoms with E-state index in [2.05, 4.69) is 15.0 Å². The van der Waals surface area contributed by atoms with Crippen molar-refractivity contribution >= 4 is 17.7 Å². The molecule has 0 atom stereocenters. The maximum Gasteiger partial charge on any atom is 0.338 e. The third-order valence-electron chi connectivity index (χ3n) is 2.51. The van der Waals surface area contributed by atoms with Gasteiger partial charge in [0.25, 0.3) is 5.91 Å². The maximum atomic E-state index is 11.8. The highest BCUT2D eigenvalue weighted by atomic mass is 16.5. The number of ether oxygens (including phenoxy) is 2. The molecule has 1 heterocycles. The molecule has 0 fully saturated rings. The van der Waals surface area contributed by atoms with Crippen molar-refractivity contribution < 1.29 is 23.6 Å². The predicted octanol–water partition coefficient (Wildman–Crippen LogP) is 1.62. The van der Waals surface area contributed by atoms with Gasteiger partial charge in [0.2, 0.25) is 0 Å². The number of benzene rings is 1. The second-order valence-electron chi connectivity index (χ2n) is 4.14. The first-order valence-corrected chi connectivity index (χ1v) is 6.14. The minimum absolute atomic E-state index is 0.262. The molecule has 0 saturated heterocycles. The molecule has 1 aromatic carbocycles. The first kappa shape index (κ1) is 14.7. The third kappa shape index (κ3) is 4.43. The molecule has 2 rings (SSSR count). The molecule has 1 N–H and O–H groups in total. The second kappa shape index (κ2) is 7.20. The van der Waals surface area contributed by atoms with Crippen molar-refractivity contribution in [2.45, 2.75) is 6.61 Å². The Morgan fingerprint density at radius 1 is 1.33 bits per heavy atom. The number of amides is 1. The van der Waals surface area contributed by atoms with Gasteiger partial charge in [-0.3, -0.25) is 4.79 Å². The van der Waals surface area contributed by atoms with Crippen molar-refractivity contribution in [1.29, 1.82) is 0 Å². The number of carbonyl (C=O) groups is 2. The van der Waals surface area contributed by atoms with E-state index in [0.717, 1.165) is 5.56 Å². The van der Waals surface area contributed by atoms with E-state index in [1.54, 1.807) is 25.3 Å². The average molecular weight is 290 g/mol. The van der Waals surface area contributed by atoms with Crippen LogP contribution in [0.5, 0.6) is 0 Å². The molecule has 0 unspecified atom stereocenters. The van der Waals surface area contributed by atoms with Crippen LogP contribution in [0.1, 0.15) is 15.9 Å². The Kier molecular flexibility index (Phi) is 5.05. The minimum atomic E-state index is -0.580. The van der Waals surface area contributed by atoms with E-state index in [-0.39, 0.29) is 5.82 Å². The summed E-state index contributed by atoms with van der Waals surface area (Å²) in [5.41, 5.74) is 1.21. The van der Waals surface area contributed by atoms with Gasteiger partial charge in [-0.25, -0.2) is 4.79 Å². The molecule has 0 aliphatic carbocycles. The summed E-state index contributed by atoms with van der Waals surface area (Å²) in [6.45, 7) is -0.00599. The molecule has 2 aromatic rings. The summed E-state index contributed by atoms with van der Waals surface area (Å²) < 4.78 is 14.5. The summed E-state index contributed by atoms with van der Waals surface area (Å²) in [4.78, 5) is 23.4. The first-order valence-electron chi connectivity index (χ1n) is 6.14. The van der Waals surface area contributed by atoms with Crippen LogP contribution < -0.4 is 5.32 Å². The van der Waals surface area contributed by atoms with Crippen molar-refractivity contribution in [3.63, 3.8) is 0 Å². The topological polar surface area (TPSA) is 90.7 Å². The van der Waals surface area contributed by atoms with Gasteiger partial charge in [-0.15, -0.1) is 0 Å². The van der Waals surface area contributed by atoms with Crippen molar-refractivity contribution in [2.75, 3.05) is 19.0 Å². The van der Waals surface area contributed by atoms with E-state index in [0.29, 0.717) is 12.2 Å². The number of carbonyl (C=O) groups excluding carboxylic acids is 2. The molecule has 7 nitrogen and oxygen atoms in total. The zero-order valence-electron chi connectivity index (χ0n) is 11.4. The van der Waals surface area contributed by atoms with Gasteiger partial charge in [0.05, 0.1) is 12.2 Å². The van der Waals surface area contributed by atoms with E-state index in [4.69, 9.17) is 9.47 Å². The van der Waals surface area contributed by atoms with Crippen LogP contribution in [0, 0.1) is 0 Å². The van der Waals surface area contributed by atoms with Crippen LogP contribution in [0.2, 0.25) is 0 Å². The molecule has 110 valence electrons. The number of anilines is 1. The number of hydrogen-bond donors (Lipinski definition) is 1. The Morgan fingerprint density at radius 2 is 2.19 bits per heavy atom. The van der Waals surface area contributed by atoms with Crippen LogP contribution in [0.25, 0.3) is 0 Å². The van der Waals surface area contributed by atoms with Crippen LogP contribution in [0.3, 0.4) is 0 Å². The molecule has 21 heavy (non-hydrogen) atoms. The molecule has 1 aromatic heterocycles. The molecular weight excluding hydrogens is 276 g/mol. The molecule has 1 amide bonds. The number of hydrogen-bond acceptors (Lipinski definition) is 6. The van der Waals surface area contributed by atoms with Gasteiger partial charge in [-0.1, -0.05) is 17.3 Å². The predicted molar refractivity (Wildman–Crippen MR) is 72.6 cm³/mol. The van der Waals surface area contributed by atoms with Gasteiger partial charge in [-0.05, 0) is 17.7 Å². The number of nitrogens with zero attached hydrogens (tertiary/aromatic N) is 1. The van der Waals surface area contributed by atoms with Crippen LogP contribution in [0.4, 0.5) is 5.82 Å². The van der Waals surface area contributed by atoms with E-state index < -0.39 is 18.5 Å². The number of rotatable bonds is 6. The lowest BCUT2D eigenvalue weighted by atomic mass is 10.1. The van der Waals surface area contributed by atoms with E-state index in [1.165, 1.54) is 12.3 Å². The normalized spacial score (nSPS) is 10.1. The number of methoxy groups -OCH3 is 1. The fourth-order valence-corrected chi connectivity index (χ4v) is 1.63. The average Bonchev–Trinajstić information content (AvgIpc) is 2.98. The maximum absolute atomic E-state index is 11.8. The quantitative estimate of drug-likeness (QED) is 0.813. The van der Waals surface area contributed by atoms with Crippen LogP contribution in [-0.4, -0.2) is 30.7 Å². The van der Waals surface area contributed by atoms with Crippen molar-refractivity contribution in [3.8, 4) is 0 Å². The Bertz CT molecular complexity index is 610. The van der Waals surface area contributed by atoms with E-state index in [9.17, 15) is 9.59 Å². The summed E-state index contributed by atoms with van der Waals surface area (Å²) in [5, 5.41) is 5.93. The highest BCUT2D eigenvalue weighted by Gasteiger charge is 2.11. The second-order valence-corrected chi connectivity index (χ2v) is 4.14. The Morgan fingerprint density at radius 3 is 2.90 bits per heavy atom. The zero-order valence-corrected chi connectivity index (χ0v) is 11.4. The summed E-state index contributed by atoms with van der Waals surface area (Å²) >= 11 is 0. The molecule has 0 spiro atoms. The minimum Gasteiger partial charge on any atom is -0.452 e. The lowest BCUT2D eigenvalue weighted by Gasteiger charge is -2.06. The smallest absolute Gasteiger partial charge is 0.338 e. The van der Waals surface area contributed by atoms with Crippen molar-refractivity contribution in [3.05, 3.63) is 47.7 Å². The molecule has 0 bridgehead atoms. The van der Waals surface area contributed by atoms with Gasteiger partial charge < -0.3 is 19.3 Å².